The number of anilines is 1. The maximum Gasteiger partial charge on any atom is 0.267 e. The molecule has 4 aromatic rings. The topological polar surface area (TPSA) is 79.9 Å². The van der Waals surface area contributed by atoms with Gasteiger partial charge in [0.15, 0.2) is 0 Å². The molecular weight excluding hydrogens is 468 g/mol. The van der Waals surface area contributed by atoms with Gasteiger partial charge in [-0.05, 0) is 42.3 Å². The van der Waals surface area contributed by atoms with Crippen molar-refractivity contribution in [1.82, 2.24) is 14.3 Å². The van der Waals surface area contributed by atoms with E-state index in [4.69, 9.17) is 21.6 Å². The van der Waals surface area contributed by atoms with Crippen LogP contribution in [0, 0.1) is 6.92 Å². The van der Waals surface area contributed by atoms with E-state index in [1.807, 2.05) is 49.4 Å². The molecule has 1 aliphatic rings. The Morgan fingerprint density at radius 3 is 2.71 bits per heavy atom. The van der Waals surface area contributed by atoms with E-state index in [9.17, 15) is 9.59 Å². The van der Waals surface area contributed by atoms with Crippen LogP contribution in [0.15, 0.2) is 81.2 Å². The minimum absolute atomic E-state index is 0.232. The quantitative estimate of drug-likeness (QED) is 0.314. The van der Waals surface area contributed by atoms with Crippen LogP contribution < -0.4 is 10.9 Å². The molecule has 1 aliphatic heterocycles. The summed E-state index contributed by atoms with van der Waals surface area (Å²) < 4.78 is 7.34. The molecule has 1 N–H and O–H groups in total. The van der Waals surface area contributed by atoms with Gasteiger partial charge in [-0.3, -0.25) is 18.9 Å². The van der Waals surface area contributed by atoms with Gasteiger partial charge in [-0.2, -0.15) is 0 Å². The molecule has 1 aromatic carbocycles. The molecule has 0 saturated carbocycles. The number of furan rings is 1. The number of carbonyl (C=O) groups excluding carboxylic acids is 1. The minimum atomic E-state index is -0.274. The number of pyridine rings is 1. The number of nitrogens with one attached hydrogen (secondary N) is 1. The first-order chi connectivity index (χ1) is 16.5. The van der Waals surface area contributed by atoms with Crippen molar-refractivity contribution in [2.45, 2.75) is 20.0 Å². The summed E-state index contributed by atoms with van der Waals surface area (Å²) in [7, 11) is 0. The first-order valence-corrected chi connectivity index (χ1v) is 11.8. The summed E-state index contributed by atoms with van der Waals surface area (Å²) in [6, 6.07) is 17.0. The summed E-state index contributed by atoms with van der Waals surface area (Å²) in [6.07, 6.45) is 4.84. The fraction of sp³-hybridized carbons (Fsp3) is 0.120. The van der Waals surface area contributed by atoms with Crippen LogP contribution in [-0.2, 0) is 17.9 Å². The summed E-state index contributed by atoms with van der Waals surface area (Å²) in [4.78, 5) is 33.3. The number of fused-ring (bicyclic) bond motifs is 1. The Morgan fingerprint density at radius 2 is 1.94 bits per heavy atom. The van der Waals surface area contributed by atoms with Gasteiger partial charge in [0, 0.05) is 6.20 Å². The number of amides is 1. The largest absolute Gasteiger partial charge is 0.467 e. The lowest BCUT2D eigenvalue weighted by Crippen LogP contribution is -2.27. The molecule has 1 saturated heterocycles. The van der Waals surface area contributed by atoms with Crippen LogP contribution in [0.3, 0.4) is 0 Å². The second-order valence-corrected chi connectivity index (χ2v) is 9.43. The highest BCUT2D eigenvalue weighted by molar-refractivity contribution is 8.26. The molecule has 0 bridgehead atoms. The van der Waals surface area contributed by atoms with Gasteiger partial charge >= 0.3 is 0 Å². The monoisotopic (exact) mass is 488 g/mol. The van der Waals surface area contributed by atoms with Gasteiger partial charge in [0.25, 0.3) is 11.5 Å². The van der Waals surface area contributed by atoms with Crippen LogP contribution in [0.1, 0.15) is 22.5 Å². The van der Waals surface area contributed by atoms with Crippen LogP contribution in [0.4, 0.5) is 5.82 Å². The zero-order valence-corrected chi connectivity index (χ0v) is 19.9. The Labute approximate surface area is 205 Å². The second kappa shape index (κ2) is 9.28. The van der Waals surface area contributed by atoms with Crippen LogP contribution in [0.2, 0.25) is 0 Å². The van der Waals surface area contributed by atoms with Gasteiger partial charge in [-0.1, -0.05) is 60.4 Å². The first-order valence-electron chi connectivity index (χ1n) is 10.6. The van der Waals surface area contributed by atoms with E-state index >= 15 is 0 Å². The second-order valence-electron chi connectivity index (χ2n) is 7.75. The number of hydrogen-bond donors (Lipinski definition) is 1. The highest BCUT2D eigenvalue weighted by Crippen LogP contribution is 2.34. The van der Waals surface area contributed by atoms with Crippen LogP contribution in [-0.4, -0.2) is 24.5 Å². The molecule has 3 aromatic heterocycles. The van der Waals surface area contributed by atoms with Gasteiger partial charge in [-0.15, -0.1) is 0 Å². The standard InChI is InChI=1S/C25H20N4O3S2/c1-16-7-5-11-28-22(16)27-21(26-14-18-10-6-12-32-18)19(23(28)30)13-20-24(31)29(25(33)34-20)15-17-8-3-2-4-9-17/h2-13,26H,14-15H2,1H3/b20-13-. The fourth-order valence-corrected chi connectivity index (χ4v) is 4.93. The van der Waals surface area contributed by atoms with Crippen molar-refractivity contribution in [1.29, 1.82) is 0 Å². The van der Waals surface area contributed by atoms with Gasteiger partial charge in [0.1, 0.15) is 21.5 Å². The highest BCUT2D eigenvalue weighted by atomic mass is 32.2. The van der Waals surface area contributed by atoms with Crippen molar-refractivity contribution in [2.75, 3.05) is 5.32 Å². The van der Waals surface area contributed by atoms with Gasteiger partial charge in [-0.25, -0.2) is 4.98 Å². The van der Waals surface area contributed by atoms with Crippen molar-refractivity contribution in [3.63, 3.8) is 0 Å². The highest BCUT2D eigenvalue weighted by Gasteiger charge is 2.32. The summed E-state index contributed by atoms with van der Waals surface area (Å²) in [5.74, 6) is 0.848. The Morgan fingerprint density at radius 1 is 1.12 bits per heavy atom. The van der Waals surface area contributed by atoms with Gasteiger partial charge < -0.3 is 9.73 Å². The average Bonchev–Trinajstić information content (AvgIpc) is 3.45. The Hall–Kier alpha value is -3.69. The molecule has 34 heavy (non-hydrogen) atoms. The van der Waals surface area contributed by atoms with Crippen molar-refractivity contribution >= 4 is 51.7 Å². The van der Waals surface area contributed by atoms with Crippen molar-refractivity contribution in [3.05, 3.63) is 105 Å². The van der Waals surface area contributed by atoms with Gasteiger partial charge in [0.05, 0.1) is 29.8 Å². The van der Waals surface area contributed by atoms with E-state index in [1.165, 1.54) is 16.2 Å². The number of rotatable bonds is 6. The number of carbonyl (C=O) groups is 1. The van der Waals surface area contributed by atoms with E-state index in [1.54, 1.807) is 35.6 Å². The number of aromatic nitrogens is 2. The molecule has 7 nitrogen and oxygen atoms in total. The lowest BCUT2D eigenvalue weighted by Gasteiger charge is -2.14. The molecular formula is C25H20N4O3S2. The molecule has 1 fully saturated rings. The summed E-state index contributed by atoms with van der Waals surface area (Å²) in [6.45, 7) is 2.62. The molecule has 170 valence electrons. The van der Waals surface area contributed by atoms with Gasteiger partial charge in [0.2, 0.25) is 0 Å². The smallest absolute Gasteiger partial charge is 0.267 e. The molecule has 0 radical (unpaired) electrons. The number of hydrogen-bond acceptors (Lipinski definition) is 7. The Balaban J connectivity index is 1.54. The normalized spacial score (nSPS) is 15.0. The van der Waals surface area contributed by atoms with E-state index in [0.717, 1.165) is 11.1 Å². The number of thioether (sulfide) groups is 1. The third-order valence-corrected chi connectivity index (χ3v) is 6.80. The average molecular weight is 489 g/mol. The molecule has 0 aliphatic carbocycles. The van der Waals surface area contributed by atoms with Crippen LogP contribution in [0.25, 0.3) is 11.7 Å². The molecule has 5 rings (SSSR count). The fourth-order valence-electron chi connectivity index (χ4n) is 3.69. The zero-order valence-electron chi connectivity index (χ0n) is 18.2. The Bertz CT molecular complexity index is 1480. The van der Waals surface area contributed by atoms with Crippen LogP contribution in [0.5, 0.6) is 0 Å². The molecule has 1 amide bonds. The van der Waals surface area contributed by atoms with E-state index in [0.29, 0.717) is 39.5 Å². The van der Waals surface area contributed by atoms with E-state index in [-0.39, 0.29) is 17.0 Å². The zero-order chi connectivity index (χ0) is 23.7. The van der Waals surface area contributed by atoms with Crippen molar-refractivity contribution in [3.8, 4) is 0 Å². The minimum Gasteiger partial charge on any atom is -0.467 e. The lowest BCUT2D eigenvalue weighted by atomic mass is 10.2. The molecule has 4 heterocycles. The molecule has 9 heteroatoms. The number of nitrogens with zero attached hydrogens (tertiary/aromatic N) is 3. The predicted octanol–water partition coefficient (Wildman–Crippen LogP) is 4.61. The predicted molar refractivity (Wildman–Crippen MR) is 137 cm³/mol. The first kappa shape index (κ1) is 22.1. The SMILES string of the molecule is Cc1cccn2c(=O)c(/C=C3\SC(=S)N(Cc4ccccc4)C3=O)c(NCc3ccco3)nc12. The third-order valence-electron chi connectivity index (χ3n) is 5.43. The maximum atomic E-state index is 13.5. The third kappa shape index (κ3) is 4.27. The number of benzene rings is 1. The van der Waals surface area contributed by atoms with Crippen molar-refractivity contribution < 1.29 is 9.21 Å². The molecule has 0 unspecified atom stereocenters. The van der Waals surface area contributed by atoms with E-state index in [2.05, 4.69) is 5.32 Å². The van der Waals surface area contributed by atoms with Crippen LogP contribution >= 0.6 is 24.0 Å². The molecule has 0 atom stereocenters. The maximum absolute atomic E-state index is 13.5. The number of thiocarbonyl (C=S) groups is 1. The van der Waals surface area contributed by atoms with Crippen molar-refractivity contribution in [2.24, 2.45) is 0 Å². The summed E-state index contributed by atoms with van der Waals surface area (Å²) >= 11 is 6.66. The number of aryl methyl sites for hydroxylation is 1. The molecule has 0 spiro atoms. The van der Waals surface area contributed by atoms with E-state index < -0.39 is 0 Å². The lowest BCUT2D eigenvalue weighted by molar-refractivity contribution is -0.122. The summed E-state index contributed by atoms with van der Waals surface area (Å²) in [5, 5.41) is 3.20. The Kier molecular flexibility index (Phi) is 6.04. The summed E-state index contributed by atoms with van der Waals surface area (Å²) in [5.41, 5.74) is 2.40.